The molecule has 0 aromatic heterocycles. The first-order chi connectivity index (χ1) is 10.9. The minimum atomic E-state index is -2.81. The highest BCUT2D eigenvalue weighted by Gasteiger charge is 2.43. The number of rotatable bonds is 4. The van der Waals surface area contributed by atoms with Crippen molar-refractivity contribution in [2.45, 2.75) is 19.3 Å². The Morgan fingerprint density at radius 1 is 0.826 bits per heavy atom. The summed E-state index contributed by atoms with van der Waals surface area (Å²) in [6, 6.07) is 13.1. The van der Waals surface area contributed by atoms with Gasteiger partial charge in [0, 0.05) is 35.5 Å². The van der Waals surface area contributed by atoms with Gasteiger partial charge < -0.3 is 13.3 Å². The molecular formula is C18H21IO3Si. The van der Waals surface area contributed by atoms with Crippen LogP contribution in [0, 0.1) is 3.57 Å². The molecule has 122 valence electrons. The molecule has 3 nitrogen and oxygen atoms in total. The van der Waals surface area contributed by atoms with Crippen molar-refractivity contribution in [2.24, 2.45) is 0 Å². The molecule has 2 aromatic carbocycles. The molecule has 1 aliphatic carbocycles. The van der Waals surface area contributed by atoms with Gasteiger partial charge in [-0.15, -0.1) is 0 Å². The third-order valence-corrected chi connectivity index (χ3v) is 8.10. The SMILES string of the molecule is CO[Si](OC)(OC)c1ccc2c(c1)C(C)(C)c1cc(I)ccc1-2. The van der Waals surface area contributed by atoms with E-state index in [1.54, 1.807) is 21.3 Å². The summed E-state index contributed by atoms with van der Waals surface area (Å²) in [5.41, 5.74) is 5.23. The van der Waals surface area contributed by atoms with E-state index in [-0.39, 0.29) is 5.41 Å². The number of fused-ring (bicyclic) bond motifs is 3. The zero-order valence-corrected chi connectivity index (χ0v) is 17.2. The van der Waals surface area contributed by atoms with Crippen LogP contribution in [0.1, 0.15) is 25.0 Å². The Bertz CT molecular complexity index is 746. The van der Waals surface area contributed by atoms with Gasteiger partial charge in [0.15, 0.2) is 0 Å². The molecule has 0 amide bonds. The fourth-order valence-electron chi connectivity index (χ4n) is 3.50. The summed E-state index contributed by atoms with van der Waals surface area (Å²) in [4.78, 5) is 0. The van der Waals surface area contributed by atoms with E-state index in [2.05, 4.69) is 72.8 Å². The lowest BCUT2D eigenvalue weighted by atomic mass is 9.82. The van der Waals surface area contributed by atoms with Crippen molar-refractivity contribution < 1.29 is 13.3 Å². The highest BCUT2D eigenvalue weighted by Crippen LogP contribution is 2.48. The Hall–Kier alpha value is -0.733. The molecule has 0 bridgehead atoms. The lowest BCUT2D eigenvalue weighted by Crippen LogP contribution is -2.54. The number of hydrogen-bond acceptors (Lipinski definition) is 3. The van der Waals surface area contributed by atoms with Gasteiger partial charge in [-0.3, -0.25) is 0 Å². The van der Waals surface area contributed by atoms with E-state index in [1.165, 1.54) is 25.8 Å². The van der Waals surface area contributed by atoms with Crippen LogP contribution in [-0.2, 0) is 18.7 Å². The molecule has 0 fully saturated rings. The Balaban J connectivity index is 2.20. The highest BCUT2D eigenvalue weighted by atomic mass is 127. The van der Waals surface area contributed by atoms with Crippen LogP contribution in [-0.4, -0.2) is 30.1 Å². The predicted molar refractivity (Wildman–Crippen MR) is 103 cm³/mol. The second-order valence-electron chi connectivity index (χ2n) is 6.24. The third-order valence-electron chi connectivity index (χ3n) is 4.80. The van der Waals surface area contributed by atoms with E-state index < -0.39 is 8.80 Å². The van der Waals surface area contributed by atoms with E-state index in [9.17, 15) is 0 Å². The summed E-state index contributed by atoms with van der Waals surface area (Å²) in [7, 11) is 2.13. The van der Waals surface area contributed by atoms with Crippen LogP contribution in [0.4, 0.5) is 0 Å². The topological polar surface area (TPSA) is 27.7 Å². The average Bonchev–Trinajstić information content (AvgIpc) is 2.78. The van der Waals surface area contributed by atoms with Gasteiger partial charge in [-0.2, -0.15) is 0 Å². The van der Waals surface area contributed by atoms with E-state index in [0.29, 0.717) is 0 Å². The Kier molecular flexibility index (Phi) is 4.44. The second-order valence-corrected chi connectivity index (χ2v) is 10.4. The van der Waals surface area contributed by atoms with Crippen molar-refractivity contribution >= 4 is 36.6 Å². The van der Waals surface area contributed by atoms with Crippen LogP contribution >= 0.6 is 22.6 Å². The summed E-state index contributed by atoms with van der Waals surface area (Å²) in [5, 5.41) is 0.999. The lowest BCUT2D eigenvalue weighted by molar-refractivity contribution is 0.140. The van der Waals surface area contributed by atoms with Crippen molar-refractivity contribution in [3.63, 3.8) is 0 Å². The van der Waals surface area contributed by atoms with Crippen LogP contribution < -0.4 is 5.19 Å². The Labute approximate surface area is 152 Å². The molecular weight excluding hydrogens is 419 g/mol. The molecule has 0 aliphatic heterocycles. The van der Waals surface area contributed by atoms with Crippen LogP contribution in [0.15, 0.2) is 36.4 Å². The van der Waals surface area contributed by atoms with Gasteiger partial charge in [-0.05, 0) is 57.0 Å². The Morgan fingerprint density at radius 2 is 1.35 bits per heavy atom. The maximum Gasteiger partial charge on any atom is 0.536 e. The standard InChI is InChI=1S/C18H21IO3Si/c1-18(2)16-10-12(19)6-8-14(16)15-9-7-13(11-17(15)18)23(20-3,21-4)22-5/h6-11H,1-5H3. The first kappa shape index (κ1) is 17.1. The van der Waals surface area contributed by atoms with E-state index in [4.69, 9.17) is 13.3 Å². The quantitative estimate of drug-likeness (QED) is 0.537. The van der Waals surface area contributed by atoms with Gasteiger partial charge in [0.25, 0.3) is 0 Å². The maximum absolute atomic E-state index is 5.64. The van der Waals surface area contributed by atoms with Crippen LogP contribution in [0.25, 0.3) is 11.1 Å². The molecule has 0 saturated heterocycles. The summed E-state index contributed by atoms with van der Waals surface area (Å²) >= 11 is 2.37. The van der Waals surface area contributed by atoms with Gasteiger partial charge in [0.2, 0.25) is 0 Å². The summed E-state index contributed by atoms with van der Waals surface area (Å²) in [6.07, 6.45) is 0. The van der Waals surface area contributed by atoms with Crippen molar-refractivity contribution in [2.75, 3.05) is 21.3 Å². The molecule has 0 unspecified atom stereocenters. The zero-order valence-electron chi connectivity index (χ0n) is 14.1. The van der Waals surface area contributed by atoms with Gasteiger partial charge in [-0.1, -0.05) is 38.1 Å². The first-order valence-corrected chi connectivity index (χ1v) is 10.3. The summed E-state index contributed by atoms with van der Waals surface area (Å²) < 4.78 is 18.2. The molecule has 0 radical (unpaired) electrons. The first-order valence-electron chi connectivity index (χ1n) is 7.50. The van der Waals surface area contributed by atoms with Crippen LogP contribution in [0.3, 0.4) is 0 Å². The molecule has 0 saturated carbocycles. The molecule has 0 spiro atoms. The lowest BCUT2D eigenvalue weighted by Gasteiger charge is -2.27. The summed E-state index contributed by atoms with van der Waals surface area (Å²) in [6.45, 7) is 4.54. The number of hydrogen-bond donors (Lipinski definition) is 0. The van der Waals surface area contributed by atoms with Crippen molar-refractivity contribution in [1.29, 1.82) is 0 Å². The van der Waals surface area contributed by atoms with Crippen LogP contribution in [0.5, 0.6) is 0 Å². The van der Waals surface area contributed by atoms with E-state index >= 15 is 0 Å². The zero-order chi connectivity index (χ0) is 16.8. The van der Waals surface area contributed by atoms with Crippen molar-refractivity contribution in [3.05, 3.63) is 51.1 Å². The molecule has 5 heteroatoms. The predicted octanol–water partition coefficient (Wildman–Crippen LogP) is 3.68. The molecule has 0 N–H and O–H groups in total. The van der Waals surface area contributed by atoms with Gasteiger partial charge in [0.05, 0.1) is 0 Å². The molecule has 0 heterocycles. The smallest absolute Gasteiger partial charge is 0.373 e. The molecule has 1 aliphatic rings. The second kappa shape index (κ2) is 5.97. The molecule has 2 aromatic rings. The highest BCUT2D eigenvalue weighted by molar-refractivity contribution is 14.1. The van der Waals surface area contributed by atoms with Gasteiger partial charge >= 0.3 is 8.80 Å². The maximum atomic E-state index is 5.64. The molecule has 23 heavy (non-hydrogen) atoms. The number of halogens is 1. The fourth-order valence-corrected chi connectivity index (χ4v) is 5.81. The fraction of sp³-hybridized carbons (Fsp3) is 0.333. The minimum absolute atomic E-state index is 0.0444. The van der Waals surface area contributed by atoms with Gasteiger partial charge in [0.1, 0.15) is 0 Å². The molecule has 3 rings (SSSR count). The monoisotopic (exact) mass is 440 g/mol. The van der Waals surface area contributed by atoms with Crippen molar-refractivity contribution in [3.8, 4) is 11.1 Å². The van der Waals surface area contributed by atoms with Crippen LogP contribution in [0.2, 0.25) is 0 Å². The van der Waals surface area contributed by atoms with Crippen molar-refractivity contribution in [1.82, 2.24) is 0 Å². The normalized spacial score (nSPS) is 15.4. The van der Waals surface area contributed by atoms with E-state index in [0.717, 1.165) is 5.19 Å². The van der Waals surface area contributed by atoms with Gasteiger partial charge in [-0.25, -0.2) is 0 Å². The average molecular weight is 440 g/mol. The van der Waals surface area contributed by atoms with E-state index in [1.807, 2.05) is 0 Å². The Morgan fingerprint density at radius 3 is 1.91 bits per heavy atom. The molecule has 0 atom stereocenters. The largest absolute Gasteiger partial charge is 0.536 e. The third kappa shape index (κ3) is 2.49. The minimum Gasteiger partial charge on any atom is -0.373 e. The summed E-state index contributed by atoms with van der Waals surface area (Å²) in [5.74, 6) is 0. The number of benzene rings is 2.